The standard InChI is InChI=1S/C12H16N4O/c17-9-10-4-6-15(7-10)8-12-14-13-11-3-1-2-5-16(11)12/h4,6-7,17H,1-3,5,8-9H2. The van der Waals surface area contributed by atoms with Crippen molar-refractivity contribution in [3.05, 3.63) is 35.7 Å². The minimum absolute atomic E-state index is 0.0882. The topological polar surface area (TPSA) is 55.9 Å². The van der Waals surface area contributed by atoms with Gasteiger partial charge >= 0.3 is 0 Å². The molecular weight excluding hydrogens is 216 g/mol. The van der Waals surface area contributed by atoms with Gasteiger partial charge in [-0.25, -0.2) is 0 Å². The summed E-state index contributed by atoms with van der Waals surface area (Å²) in [6, 6.07) is 1.92. The molecule has 0 fully saturated rings. The van der Waals surface area contributed by atoms with Crippen molar-refractivity contribution in [1.29, 1.82) is 0 Å². The summed E-state index contributed by atoms with van der Waals surface area (Å²) in [6.07, 6.45) is 7.39. The Kier molecular flexibility index (Phi) is 2.68. The smallest absolute Gasteiger partial charge is 0.152 e. The van der Waals surface area contributed by atoms with Crippen LogP contribution in [0.5, 0.6) is 0 Å². The summed E-state index contributed by atoms with van der Waals surface area (Å²) in [6.45, 7) is 1.85. The molecule has 1 N–H and O–H groups in total. The van der Waals surface area contributed by atoms with E-state index in [0.717, 1.165) is 36.7 Å². The normalized spacial score (nSPS) is 14.9. The zero-order valence-electron chi connectivity index (χ0n) is 9.71. The second-order valence-corrected chi connectivity index (χ2v) is 4.49. The molecule has 0 amide bonds. The Hall–Kier alpha value is -1.62. The van der Waals surface area contributed by atoms with E-state index in [0.29, 0.717) is 0 Å². The van der Waals surface area contributed by atoms with E-state index in [-0.39, 0.29) is 6.61 Å². The van der Waals surface area contributed by atoms with Crippen LogP contribution in [0.15, 0.2) is 18.5 Å². The van der Waals surface area contributed by atoms with Crippen molar-refractivity contribution in [1.82, 2.24) is 19.3 Å². The number of aliphatic hydroxyl groups excluding tert-OH is 1. The van der Waals surface area contributed by atoms with Crippen molar-refractivity contribution in [2.75, 3.05) is 0 Å². The van der Waals surface area contributed by atoms with Gasteiger partial charge in [0, 0.05) is 25.4 Å². The molecule has 0 atom stereocenters. The highest BCUT2D eigenvalue weighted by Crippen LogP contribution is 2.15. The lowest BCUT2D eigenvalue weighted by atomic mass is 10.2. The lowest BCUT2D eigenvalue weighted by Gasteiger charge is -2.14. The van der Waals surface area contributed by atoms with Crippen LogP contribution in [0.1, 0.15) is 30.1 Å². The van der Waals surface area contributed by atoms with Crippen LogP contribution in [0.3, 0.4) is 0 Å². The van der Waals surface area contributed by atoms with Gasteiger partial charge in [-0.2, -0.15) is 0 Å². The molecule has 17 heavy (non-hydrogen) atoms. The van der Waals surface area contributed by atoms with Gasteiger partial charge in [0.25, 0.3) is 0 Å². The van der Waals surface area contributed by atoms with Gasteiger partial charge in [-0.05, 0) is 24.5 Å². The molecule has 1 aliphatic heterocycles. The van der Waals surface area contributed by atoms with Crippen molar-refractivity contribution in [3.8, 4) is 0 Å². The first-order chi connectivity index (χ1) is 8.36. The Morgan fingerprint density at radius 1 is 1.29 bits per heavy atom. The Labute approximate surface area is 99.7 Å². The van der Waals surface area contributed by atoms with Gasteiger partial charge in [-0.1, -0.05) is 0 Å². The molecule has 3 rings (SSSR count). The van der Waals surface area contributed by atoms with E-state index in [2.05, 4.69) is 14.8 Å². The van der Waals surface area contributed by atoms with Crippen molar-refractivity contribution in [3.63, 3.8) is 0 Å². The third-order valence-electron chi connectivity index (χ3n) is 3.25. The SMILES string of the molecule is OCc1ccn(Cc2nnc3n2CCCC3)c1. The maximum atomic E-state index is 9.02. The van der Waals surface area contributed by atoms with Gasteiger partial charge in [-0.15, -0.1) is 10.2 Å². The quantitative estimate of drug-likeness (QED) is 0.857. The number of nitrogens with zero attached hydrogens (tertiary/aromatic N) is 4. The first kappa shape index (κ1) is 10.5. The Morgan fingerprint density at radius 2 is 2.24 bits per heavy atom. The third-order valence-corrected chi connectivity index (χ3v) is 3.25. The summed E-state index contributed by atoms with van der Waals surface area (Å²) in [5.41, 5.74) is 0.934. The minimum Gasteiger partial charge on any atom is -0.392 e. The Bertz CT molecular complexity index is 514. The third kappa shape index (κ3) is 1.98. The summed E-state index contributed by atoms with van der Waals surface area (Å²) in [4.78, 5) is 0. The molecular formula is C12H16N4O. The first-order valence-electron chi connectivity index (χ1n) is 6.03. The first-order valence-corrected chi connectivity index (χ1v) is 6.03. The summed E-state index contributed by atoms with van der Waals surface area (Å²) >= 11 is 0. The van der Waals surface area contributed by atoms with Crippen LogP contribution in [-0.2, 0) is 26.1 Å². The van der Waals surface area contributed by atoms with Gasteiger partial charge in [0.05, 0.1) is 13.2 Å². The molecule has 1 aliphatic rings. The average molecular weight is 232 g/mol. The lowest BCUT2D eigenvalue weighted by molar-refractivity contribution is 0.281. The highest BCUT2D eigenvalue weighted by atomic mass is 16.3. The molecule has 3 heterocycles. The molecule has 2 aromatic rings. The predicted molar refractivity (Wildman–Crippen MR) is 62.4 cm³/mol. The highest BCUT2D eigenvalue weighted by Gasteiger charge is 2.15. The fourth-order valence-corrected chi connectivity index (χ4v) is 2.33. The van der Waals surface area contributed by atoms with E-state index in [4.69, 9.17) is 5.11 Å². The number of fused-ring (bicyclic) bond motifs is 1. The molecule has 5 heteroatoms. The minimum atomic E-state index is 0.0882. The fourth-order valence-electron chi connectivity index (χ4n) is 2.33. The maximum Gasteiger partial charge on any atom is 0.152 e. The number of hydrogen-bond acceptors (Lipinski definition) is 3. The van der Waals surface area contributed by atoms with E-state index in [9.17, 15) is 0 Å². The zero-order valence-corrected chi connectivity index (χ0v) is 9.71. The molecule has 0 saturated heterocycles. The van der Waals surface area contributed by atoms with Gasteiger partial charge in [-0.3, -0.25) is 0 Å². The van der Waals surface area contributed by atoms with Gasteiger partial charge in [0.2, 0.25) is 0 Å². The average Bonchev–Trinajstić information content (AvgIpc) is 2.97. The Balaban J connectivity index is 1.82. The van der Waals surface area contributed by atoms with Crippen molar-refractivity contribution in [2.45, 2.75) is 39.0 Å². The van der Waals surface area contributed by atoms with E-state index in [1.165, 1.54) is 12.8 Å². The van der Waals surface area contributed by atoms with Crippen LogP contribution in [-0.4, -0.2) is 24.4 Å². The van der Waals surface area contributed by atoms with Crippen molar-refractivity contribution < 1.29 is 5.11 Å². The van der Waals surface area contributed by atoms with Crippen LogP contribution < -0.4 is 0 Å². The molecule has 0 aromatic carbocycles. The van der Waals surface area contributed by atoms with Crippen LogP contribution in [0.25, 0.3) is 0 Å². The van der Waals surface area contributed by atoms with Gasteiger partial charge < -0.3 is 14.2 Å². The molecule has 0 aliphatic carbocycles. The van der Waals surface area contributed by atoms with E-state index >= 15 is 0 Å². The summed E-state index contributed by atoms with van der Waals surface area (Å²) in [5, 5.41) is 17.5. The number of rotatable bonds is 3. The maximum absolute atomic E-state index is 9.02. The molecule has 90 valence electrons. The monoisotopic (exact) mass is 232 g/mol. The molecule has 2 aromatic heterocycles. The van der Waals surface area contributed by atoms with E-state index < -0.39 is 0 Å². The fraction of sp³-hybridized carbons (Fsp3) is 0.500. The molecule has 0 radical (unpaired) electrons. The lowest BCUT2D eigenvalue weighted by Crippen LogP contribution is -2.14. The number of aryl methyl sites for hydroxylation is 1. The molecule has 0 saturated carbocycles. The second-order valence-electron chi connectivity index (χ2n) is 4.49. The number of hydrogen-bond donors (Lipinski definition) is 1. The van der Waals surface area contributed by atoms with Crippen molar-refractivity contribution in [2.24, 2.45) is 0 Å². The van der Waals surface area contributed by atoms with E-state index in [1.54, 1.807) is 0 Å². The summed E-state index contributed by atoms with van der Waals surface area (Å²) in [5.74, 6) is 2.13. The summed E-state index contributed by atoms with van der Waals surface area (Å²) in [7, 11) is 0. The second kappa shape index (κ2) is 4.33. The number of aromatic nitrogens is 4. The molecule has 0 unspecified atom stereocenters. The molecule has 0 spiro atoms. The number of aliphatic hydroxyl groups is 1. The van der Waals surface area contributed by atoms with Crippen LogP contribution in [0, 0.1) is 0 Å². The Morgan fingerprint density at radius 3 is 3.06 bits per heavy atom. The largest absolute Gasteiger partial charge is 0.392 e. The van der Waals surface area contributed by atoms with E-state index in [1.807, 2.05) is 23.0 Å². The predicted octanol–water partition coefficient (Wildman–Crippen LogP) is 0.956. The van der Waals surface area contributed by atoms with Crippen LogP contribution in [0.2, 0.25) is 0 Å². The van der Waals surface area contributed by atoms with Crippen LogP contribution in [0.4, 0.5) is 0 Å². The highest BCUT2D eigenvalue weighted by molar-refractivity contribution is 5.10. The summed E-state index contributed by atoms with van der Waals surface area (Å²) < 4.78 is 4.26. The zero-order chi connectivity index (χ0) is 11.7. The molecule has 5 nitrogen and oxygen atoms in total. The van der Waals surface area contributed by atoms with Crippen molar-refractivity contribution >= 4 is 0 Å². The molecule has 0 bridgehead atoms. The van der Waals surface area contributed by atoms with Crippen LogP contribution >= 0.6 is 0 Å². The van der Waals surface area contributed by atoms with Gasteiger partial charge in [0.1, 0.15) is 5.82 Å². The van der Waals surface area contributed by atoms with Gasteiger partial charge in [0.15, 0.2) is 5.82 Å².